The summed E-state index contributed by atoms with van der Waals surface area (Å²) in [5.41, 5.74) is 10.0. The van der Waals surface area contributed by atoms with Crippen LogP contribution in [0.2, 0.25) is 10.0 Å². The number of rotatable bonds is 4. The summed E-state index contributed by atoms with van der Waals surface area (Å²) in [6.07, 6.45) is 3.21. The molecule has 4 rings (SSSR count). The Balaban J connectivity index is 1.87. The Morgan fingerprint density at radius 2 is 1.78 bits per heavy atom. The third kappa shape index (κ3) is 3.47. The molecule has 0 bridgehead atoms. The predicted molar refractivity (Wildman–Crippen MR) is 113 cm³/mol. The Hall–Kier alpha value is -2.66. The summed E-state index contributed by atoms with van der Waals surface area (Å²) in [7, 11) is 0. The number of hydrogen-bond acceptors (Lipinski definition) is 4. The van der Waals surface area contributed by atoms with E-state index < -0.39 is 0 Å². The Kier molecular flexibility index (Phi) is 4.94. The van der Waals surface area contributed by atoms with Crippen molar-refractivity contribution in [3.8, 4) is 11.1 Å². The number of nitrogens with one attached hydrogen (secondary N) is 1. The molecule has 0 unspecified atom stereocenters. The van der Waals surface area contributed by atoms with Crippen LogP contribution in [-0.4, -0.2) is 9.97 Å². The number of benzene rings is 3. The highest BCUT2D eigenvalue weighted by Gasteiger charge is 2.13. The standard InChI is InChI=1S/C21H16Cl2N4/c22-13-4-5-16(19(23)10-13)15-6-7-17-14(18(15)11-24)2-1-3-20(17)27-21-8-9-25-12-26-21/h1-10,12H,11,24H2,(H,25,26,27). The molecule has 4 nitrogen and oxygen atoms in total. The molecule has 0 aliphatic heterocycles. The van der Waals surface area contributed by atoms with Crippen molar-refractivity contribution in [2.24, 2.45) is 5.73 Å². The van der Waals surface area contributed by atoms with Crippen molar-refractivity contribution in [1.29, 1.82) is 0 Å². The van der Waals surface area contributed by atoms with Gasteiger partial charge in [0.25, 0.3) is 0 Å². The molecule has 1 heterocycles. The van der Waals surface area contributed by atoms with Crippen LogP contribution in [0.3, 0.4) is 0 Å². The number of anilines is 2. The van der Waals surface area contributed by atoms with Gasteiger partial charge in [0.2, 0.25) is 0 Å². The van der Waals surface area contributed by atoms with Gasteiger partial charge in [-0.05, 0) is 40.8 Å². The van der Waals surface area contributed by atoms with Gasteiger partial charge in [-0.25, -0.2) is 9.97 Å². The molecule has 1 aromatic heterocycles. The molecule has 0 aliphatic carbocycles. The van der Waals surface area contributed by atoms with Crippen LogP contribution in [0.15, 0.2) is 67.1 Å². The lowest BCUT2D eigenvalue weighted by molar-refractivity contribution is 1.09. The fraction of sp³-hybridized carbons (Fsp3) is 0.0476. The van der Waals surface area contributed by atoms with Crippen molar-refractivity contribution in [2.75, 3.05) is 5.32 Å². The number of nitrogens with zero attached hydrogens (tertiary/aromatic N) is 2. The minimum atomic E-state index is 0.391. The molecule has 0 saturated carbocycles. The molecule has 3 aromatic carbocycles. The molecule has 3 N–H and O–H groups in total. The van der Waals surface area contributed by atoms with E-state index in [9.17, 15) is 0 Å². The van der Waals surface area contributed by atoms with E-state index >= 15 is 0 Å². The van der Waals surface area contributed by atoms with Crippen LogP contribution >= 0.6 is 23.2 Å². The summed E-state index contributed by atoms with van der Waals surface area (Å²) in [6.45, 7) is 0.391. The average Bonchev–Trinajstić information content (AvgIpc) is 2.68. The number of fused-ring (bicyclic) bond motifs is 1. The molecule has 134 valence electrons. The largest absolute Gasteiger partial charge is 0.340 e. The SMILES string of the molecule is NCc1c(-c2ccc(Cl)cc2Cl)ccc2c(Nc3ccncn3)cccc12. The number of aromatic nitrogens is 2. The first-order chi connectivity index (χ1) is 13.2. The van der Waals surface area contributed by atoms with Crippen LogP contribution in [0.1, 0.15) is 5.56 Å². The minimum Gasteiger partial charge on any atom is -0.340 e. The van der Waals surface area contributed by atoms with Gasteiger partial charge in [-0.1, -0.05) is 53.5 Å². The maximum Gasteiger partial charge on any atom is 0.133 e. The number of hydrogen-bond donors (Lipinski definition) is 2. The summed E-state index contributed by atoms with van der Waals surface area (Å²) in [6, 6.07) is 17.5. The third-order valence-corrected chi connectivity index (χ3v) is 4.99. The van der Waals surface area contributed by atoms with Gasteiger partial charge in [0.15, 0.2) is 0 Å². The molecule has 0 amide bonds. The van der Waals surface area contributed by atoms with Crippen LogP contribution in [0, 0.1) is 0 Å². The van der Waals surface area contributed by atoms with E-state index in [4.69, 9.17) is 28.9 Å². The Morgan fingerprint density at radius 1 is 0.926 bits per heavy atom. The lowest BCUT2D eigenvalue weighted by atomic mass is 9.93. The quantitative estimate of drug-likeness (QED) is 0.458. The van der Waals surface area contributed by atoms with E-state index in [-0.39, 0.29) is 0 Å². The summed E-state index contributed by atoms with van der Waals surface area (Å²) >= 11 is 12.5. The van der Waals surface area contributed by atoms with E-state index in [1.54, 1.807) is 12.3 Å². The average molecular weight is 395 g/mol. The van der Waals surface area contributed by atoms with Crippen LogP contribution in [-0.2, 0) is 6.54 Å². The van der Waals surface area contributed by atoms with E-state index in [0.29, 0.717) is 16.6 Å². The van der Waals surface area contributed by atoms with Gasteiger partial charge in [-0.3, -0.25) is 0 Å². The smallest absolute Gasteiger partial charge is 0.133 e. The normalized spacial score (nSPS) is 10.9. The molecule has 0 aliphatic rings. The number of nitrogens with two attached hydrogens (primary N) is 1. The zero-order valence-corrected chi connectivity index (χ0v) is 15.8. The van der Waals surface area contributed by atoms with Gasteiger partial charge >= 0.3 is 0 Å². The molecular weight excluding hydrogens is 379 g/mol. The van der Waals surface area contributed by atoms with Gasteiger partial charge in [0.05, 0.1) is 0 Å². The predicted octanol–water partition coefficient (Wildman–Crippen LogP) is 5.81. The maximum atomic E-state index is 6.43. The monoisotopic (exact) mass is 394 g/mol. The van der Waals surface area contributed by atoms with Crippen molar-refractivity contribution in [3.63, 3.8) is 0 Å². The zero-order valence-electron chi connectivity index (χ0n) is 14.3. The fourth-order valence-electron chi connectivity index (χ4n) is 3.21. The topological polar surface area (TPSA) is 63.8 Å². The Morgan fingerprint density at radius 3 is 2.52 bits per heavy atom. The van der Waals surface area contributed by atoms with Crippen molar-refractivity contribution in [2.45, 2.75) is 6.54 Å². The summed E-state index contributed by atoms with van der Waals surface area (Å²) in [5, 5.41) is 6.68. The van der Waals surface area contributed by atoms with Crippen LogP contribution < -0.4 is 11.1 Å². The molecule has 27 heavy (non-hydrogen) atoms. The summed E-state index contributed by atoms with van der Waals surface area (Å²) in [4.78, 5) is 8.18. The third-order valence-electron chi connectivity index (χ3n) is 4.44. The van der Waals surface area contributed by atoms with Crippen LogP contribution in [0.4, 0.5) is 11.5 Å². The second kappa shape index (κ2) is 7.53. The summed E-state index contributed by atoms with van der Waals surface area (Å²) in [5.74, 6) is 0.733. The fourth-order valence-corrected chi connectivity index (χ4v) is 3.72. The maximum absolute atomic E-state index is 6.43. The number of halogens is 2. The lowest BCUT2D eigenvalue weighted by Gasteiger charge is -2.16. The van der Waals surface area contributed by atoms with Gasteiger partial charge in [-0.2, -0.15) is 0 Å². The molecule has 0 fully saturated rings. The first kappa shape index (κ1) is 17.7. The first-order valence-corrected chi connectivity index (χ1v) is 9.16. The zero-order chi connectivity index (χ0) is 18.8. The van der Waals surface area contributed by atoms with Gasteiger partial charge in [0, 0.05) is 39.4 Å². The molecule has 0 atom stereocenters. The second-order valence-electron chi connectivity index (χ2n) is 6.04. The molecule has 0 saturated heterocycles. The van der Waals surface area contributed by atoms with Gasteiger partial charge in [0.1, 0.15) is 12.1 Å². The van der Waals surface area contributed by atoms with Crippen molar-refractivity contribution < 1.29 is 0 Å². The van der Waals surface area contributed by atoms with Gasteiger partial charge in [-0.15, -0.1) is 0 Å². The highest BCUT2D eigenvalue weighted by molar-refractivity contribution is 6.36. The van der Waals surface area contributed by atoms with E-state index in [1.807, 2.05) is 36.4 Å². The highest BCUT2D eigenvalue weighted by atomic mass is 35.5. The Bertz CT molecular complexity index is 1110. The van der Waals surface area contributed by atoms with Crippen LogP contribution in [0.25, 0.3) is 21.9 Å². The van der Waals surface area contributed by atoms with E-state index in [0.717, 1.165) is 39.0 Å². The van der Waals surface area contributed by atoms with Crippen molar-refractivity contribution in [3.05, 3.63) is 82.7 Å². The molecule has 0 spiro atoms. The molecular formula is C21H16Cl2N4. The molecule has 6 heteroatoms. The highest BCUT2D eigenvalue weighted by Crippen LogP contribution is 2.37. The first-order valence-electron chi connectivity index (χ1n) is 8.40. The van der Waals surface area contributed by atoms with E-state index in [1.165, 1.54) is 6.33 Å². The van der Waals surface area contributed by atoms with E-state index in [2.05, 4.69) is 27.4 Å². The van der Waals surface area contributed by atoms with Gasteiger partial charge < -0.3 is 11.1 Å². The van der Waals surface area contributed by atoms with Crippen molar-refractivity contribution >= 4 is 45.5 Å². The molecule has 4 aromatic rings. The molecule has 0 radical (unpaired) electrons. The van der Waals surface area contributed by atoms with Crippen LogP contribution in [0.5, 0.6) is 0 Å². The lowest BCUT2D eigenvalue weighted by Crippen LogP contribution is -2.02. The summed E-state index contributed by atoms with van der Waals surface area (Å²) < 4.78 is 0. The van der Waals surface area contributed by atoms with Crippen molar-refractivity contribution in [1.82, 2.24) is 9.97 Å². The second-order valence-corrected chi connectivity index (χ2v) is 6.88. The Labute approximate surface area is 167 Å². The minimum absolute atomic E-state index is 0.391.